The first-order valence-corrected chi connectivity index (χ1v) is 12.0. The van der Waals surface area contributed by atoms with Crippen LogP contribution in [0, 0.1) is 0 Å². The zero-order chi connectivity index (χ0) is 25.1. The fourth-order valence-corrected chi connectivity index (χ4v) is 4.05. The quantitative estimate of drug-likeness (QED) is 0.103. The molecule has 0 aliphatic heterocycles. The van der Waals surface area contributed by atoms with Crippen molar-refractivity contribution in [3.05, 3.63) is 103 Å². The fourth-order valence-electron chi connectivity index (χ4n) is 4.05. The number of rotatable bonds is 8. The largest absolute Gasteiger partial charge is 0.673 e. The molecule has 0 amide bonds. The van der Waals surface area contributed by atoms with Crippen LogP contribution in [0.1, 0.15) is 32.6 Å². The molecule has 1 heterocycles. The van der Waals surface area contributed by atoms with E-state index in [9.17, 15) is 17.3 Å². The smallest absolute Gasteiger partial charge is 0.418 e. The molecule has 4 rings (SSSR count). The van der Waals surface area contributed by atoms with Crippen LogP contribution >= 0.6 is 0 Å². The van der Waals surface area contributed by atoms with Crippen LogP contribution in [0.25, 0.3) is 33.6 Å². The monoisotopic (exact) mass is 479 g/mol. The molecule has 1 nitrogen and oxygen atoms in total. The Balaban J connectivity index is 0.000000623. The lowest BCUT2D eigenvalue weighted by Gasteiger charge is -2.13. The molecule has 3 aromatic carbocycles. The van der Waals surface area contributed by atoms with Crippen molar-refractivity contribution in [2.45, 2.75) is 39.2 Å². The maximum absolute atomic E-state index is 9.75. The Labute approximate surface area is 205 Å². The van der Waals surface area contributed by atoms with Gasteiger partial charge in [-0.25, -0.2) is 0 Å². The first kappa shape index (κ1) is 26.2. The van der Waals surface area contributed by atoms with Crippen LogP contribution in [0.2, 0.25) is 0 Å². The number of nitrogens with zero attached hydrogens (tertiary/aromatic N) is 1. The molecule has 0 radical (unpaired) electrons. The van der Waals surface area contributed by atoms with E-state index in [1.165, 1.54) is 59.3 Å². The van der Waals surface area contributed by atoms with Gasteiger partial charge in [0.1, 0.15) is 6.54 Å². The summed E-state index contributed by atoms with van der Waals surface area (Å²) in [5.41, 5.74) is 7.62. The van der Waals surface area contributed by atoms with E-state index in [1.54, 1.807) is 0 Å². The lowest BCUT2D eigenvalue weighted by atomic mass is 9.98. The van der Waals surface area contributed by atoms with Crippen molar-refractivity contribution in [1.82, 2.24) is 0 Å². The van der Waals surface area contributed by atoms with Gasteiger partial charge in [-0.2, -0.15) is 4.57 Å². The third-order valence-electron chi connectivity index (χ3n) is 5.65. The van der Waals surface area contributed by atoms with Crippen LogP contribution in [0.5, 0.6) is 0 Å². The predicted molar refractivity (Wildman–Crippen MR) is 137 cm³/mol. The van der Waals surface area contributed by atoms with Crippen molar-refractivity contribution in [2.75, 3.05) is 0 Å². The van der Waals surface area contributed by atoms with E-state index in [-0.39, 0.29) is 0 Å². The van der Waals surface area contributed by atoms with Crippen molar-refractivity contribution in [3.8, 4) is 33.6 Å². The molecule has 0 saturated carbocycles. The number of benzene rings is 3. The lowest BCUT2D eigenvalue weighted by Crippen LogP contribution is -2.39. The van der Waals surface area contributed by atoms with Gasteiger partial charge in [-0.1, -0.05) is 86.5 Å². The number of aromatic nitrogens is 1. The summed E-state index contributed by atoms with van der Waals surface area (Å²) in [4.78, 5) is 0. The van der Waals surface area contributed by atoms with E-state index < -0.39 is 7.25 Å². The lowest BCUT2D eigenvalue weighted by molar-refractivity contribution is -0.675. The number of hydrogen-bond donors (Lipinski definition) is 0. The summed E-state index contributed by atoms with van der Waals surface area (Å²) in [5, 5.41) is 0. The second-order valence-electron chi connectivity index (χ2n) is 8.32. The van der Waals surface area contributed by atoms with Crippen LogP contribution in [-0.4, -0.2) is 7.25 Å². The zero-order valence-corrected chi connectivity index (χ0v) is 19.9. The highest BCUT2D eigenvalue weighted by Gasteiger charge is 2.22. The number of pyridine rings is 1. The standard InChI is InChI=1S/C29H30N.BF4/c1-2-3-4-14-21-30-28(25-17-10-6-11-18-25)22-27(24-15-8-5-9-16-24)23-29(30)26-19-12-7-13-20-26;2-1(3,4)5/h5-13,15-20,22-23H,2-4,14,21H2,1H3;/q+1;-1. The van der Waals surface area contributed by atoms with E-state index in [0.29, 0.717) is 0 Å². The zero-order valence-electron chi connectivity index (χ0n) is 19.9. The SMILES string of the molecule is CCCCCC[n+]1c(-c2ccccc2)cc(-c2ccccc2)cc1-c1ccccc1.F[B-](F)(F)F. The normalized spacial score (nSPS) is 11.0. The van der Waals surface area contributed by atoms with Gasteiger partial charge < -0.3 is 17.3 Å². The van der Waals surface area contributed by atoms with Gasteiger partial charge in [-0.3, -0.25) is 0 Å². The van der Waals surface area contributed by atoms with E-state index >= 15 is 0 Å². The van der Waals surface area contributed by atoms with Gasteiger partial charge in [0, 0.05) is 29.7 Å². The summed E-state index contributed by atoms with van der Waals surface area (Å²) in [7, 11) is -6.00. The molecule has 0 unspecified atom stereocenters. The van der Waals surface area contributed by atoms with Crippen molar-refractivity contribution < 1.29 is 21.8 Å². The summed E-state index contributed by atoms with van der Waals surface area (Å²) < 4.78 is 41.5. The first-order chi connectivity index (χ1) is 16.9. The summed E-state index contributed by atoms with van der Waals surface area (Å²) in [5.74, 6) is 0. The molecule has 0 saturated heterocycles. The minimum Gasteiger partial charge on any atom is -0.418 e. The van der Waals surface area contributed by atoms with Gasteiger partial charge in [-0.05, 0) is 41.8 Å². The summed E-state index contributed by atoms with van der Waals surface area (Å²) in [6.07, 6.45) is 5.02. The fraction of sp³-hybridized carbons (Fsp3) is 0.207. The molecule has 182 valence electrons. The Morgan fingerprint density at radius 1 is 0.543 bits per heavy atom. The highest BCUT2D eigenvalue weighted by molar-refractivity contribution is 6.50. The van der Waals surface area contributed by atoms with Crippen molar-refractivity contribution in [2.24, 2.45) is 0 Å². The molecule has 0 fully saturated rings. The summed E-state index contributed by atoms with van der Waals surface area (Å²) in [6.45, 7) is 3.30. The molecule has 0 aliphatic rings. The Morgan fingerprint density at radius 2 is 0.943 bits per heavy atom. The molecular formula is C29H30BF4N. The molecule has 0 aliphatic carbocycles. The molecule has 0 spiro atoms. The number of hydrogen-bond acceptors (Lipinski definition) is 0. The van der Waals surface area contributed by atoms with Gasteiger partial charge in [0.25, 0.3) is 0 Å². The van der Waals surface area contributed by atoms with Gasteiger partial charge in [0.15, 0.2) is 0 Å². The second-order valence-corrected chi connectivity index (χ2v) is 8.32. The Hall–Kier alpha value is -3.41. The minimum absolute atomic E-state index is 1.03. The van der Waals surface area contributed by atoms with Gasteiger partial charge >= 0.3 is 7.25 Å². The Bertz CT molecular complexity index is 1100. The predicted octanol–water partition coefficient (Wildman–Crippen LogP) is 8.86. The number of unbranched alkanes of at least 4 members (excludes halogenated alkanes) is 3. The van der Waals surface area contributed by atoms with E-state index in [1.807, 2.05) is 0 Å². The Kier molecular flexibility index (Phi) is 9.65. The molecule has 0 bridgehead atoms. The maximum Gasteiger partial charge on any atom is 0.673 e. The Morgan fingerprint density at radius 3 is 1.34 bits per heavy atom. The van der Waals surface area contributed by atoms with Gasteiger partial charge in [-0.15, -0.1) is 0 Å². The summed E-state index contributed by atoms with van der Waals surface area (Å²) in [6, 6.07) is 37.0. The average molecular weight is 479 g/mol. The second kappa shape index (κ2) is 12.9. The van der Waals surface area contributed by atoms with Crippen LogP contribution in [0.4, 0.5) is 17.3 Å². The summed E-state index contributed by atoms with van der Waals surface area (Å²) >= 11 is 0. The topological polar surface area (TPSA) is 3.88 Å². The van der Waals surface area contributed by atoms with Crippen molar-refractivity contribution in [3.63, 3.8) is 0 Å². The molecule has 6 heteroatoms. The third kappa shape index (κ3) is 8.39. The van der Waals surface area contributed by atoms with Crippen LogP contribution < -0.4 is 4.57 Å². The highest BCUT2D eigenvalue weighted by atomic mass is 19.5. The third-order valence-corrected chi connectivity index (χ3v) is 5.65. The van der Waals surface area contributed by atoms with Crippen molar-refractivity contribution >= 4 is 7.25 Å². The van der Waals surface area contributed by atoms with E-state index in [0.717, 1.165) is 6.54 Å². The van der Waals surface area contributed by atoms with E-state index in [4.69, 9.17) is 0 Å². The number of halogens is 4. The highest BCUT2D eigenvalue weighted by Crippen LogP contribution is 2.29. The molecule has 1 aromatic heterocycles. The van der Waals surface area contributed by atoms with Crippen molar-refractivity contribution in [1.29, 1.82) is 0 Å². The minimum atomic E-state index is -6.00. The van der Waals surface area contributed by atoms with Crippen LogP contribution in [0.15, 0.2) is 103 Å². The average Bonchev–Trinajstić information content (AvgIpc) is 2.87. The van der Waals surface area contributed by atoms with Crippen LogP contribution in [-0.2, 0) is 6.54 Å². The van der Waals surface area contributed by atoms with Gasteiger partial charge in [0.2, 0.25) is 11.4 Å². The van der Waals surface area contributed by atoms with E-state index in [2.05, 4.69) is 115 Å². The van der Waals surface area contributed by atoms with Gasteiger partial charge in [0.05, 0.1) is 0 Å². The maximum atomic E-state index is 9.75. The molecule has 0 atom stereocenters. The van der Waals surface area contributed by atoms with Crippen LogP contribution in [0.3, 0.4) is 0 Å². The molecular weight excluding hydrogens is 449 g/mol. The molecule has 35 heavy (non-hydrogen) atoms. The molecule has 4 aromatic rings. The first-order valence-electron chi connectivity index (χ1n) is 12.0. The molecule has 0 N–H and O–H groups in total.